The molecule has 0 aliphatic carbocycles. The third kappa shape index (κ3) is 19.8. The highest BCUT2D eigenvalue weighted by molar-refractivity contribution is 5.84. The van der Waals surface area contributed by atoms with E-state index in [4.69, 9.17) is 0 Å². The molecule has 1 aliphatic heterocycles. The van der Waals surface area contributed by atoms with Gasteiger partial charge in [0.05, 0.1) is 0 Å². The summed E-state index contributed by atoms with van der Waals surface area (Å²) >= 11 is 0. The van der Waals surface area contributed by atoms with Crippen LogP contribution < -0.4 is 21.3 Å². The van der Waals surface area contributed by atoms with Crippen molar-refractivity contribution in [2.45, 2.75) is 103 Å². The van der Waals surface area contributed by atoms with Crippen LogP contribution in [0.2, 0.25) is 0 Å². The lowest BCUT2D eigenvalue weighted by atomic mass is 10.2. The minimum Gasteiger partial charge on any atom is -0.356 e. The molecule has 6 amide bonds. The van der Waals surface area contributed by atoms with Crippen molar-refractivity contribution in [3.05, 3.63) is 0 Å². The van der Waals surface area contributed by atoms with Crippen molar-refractivity contribution in [3.8, 4) is 0 Å². The highest BCUT2D eigenvalue weighted by Crippen LogP contribution is 2.04. The number of nitrogens with zero attached hydrogens (tertiary/aromatic N) is 2. The van der Waals surface area contributed by atoms with Crippen LogP contribution >= 0.6 is 0 Å². The van der Waals surface area contributed by atoms with E-state index in [0.717, 1.165) is 38.5 Å². The Morgan fingerprint density at radius 2 is 0.643 bits per heavy atom. The van der Waals surface area contributed by atoms with E-state index in [2.05, 4.69) is 21.3 Å². The van der Waals surface area contributed by atoms with Gasteiger partial charge in [-0.25, -0.2) is 10.1 Å². The molecule has 0 saturated carbocycles. The Bertz CT molecular complexity index is 856. The fourth-order valence-corrected chi connectivity index (χ4v) is 4.17. The van der Waals surface area contributed by atoms with Crippen LogP contribution in [0.4, 0.5) is 0 Å². The van der Waals surface area contributed by atoms with Gasteiger partial charge >= 0.3 is 0 Å². The van der Waals surface area contributed by atoms with Gasteiger partial charge in [0.25, 0.3) is 0 Å². The van der Waals surface area contributed by atoms with E-state index in [1.54, 1.807) is 0 Å². The summed E-state index contributed by atoms with van der Waals surface area (Å²) in [5, 5.41) is 32.1. The van der Waals surface area contributed by atoms with Crippen molar-refractivity contribution in [2.24, 2.45) is 0 Å². The minimum absolute atomic E-state index is 0.0257. The van der Waals surface area contributed by atoms with E-state index in [9.17, 15) is 39.2 Å². The van der Waals surface area contributed by atoms with E-state index in [0.29, 0.717) is 62.0 Å². The van der Waals surface area contributed by atoms with E-state index < -0.39 is 11.8 Å². The zero-order valence-electron chi connectivity index (χ0n) is 24.8. The Labute approximate surface area is 248 Å². The molecule has 0 aromatic carbocycles. The maximum Gasteiger partial charge on any atom is 0.246 e. The van der Waals surface area contributed by atoms with Crippen LogP contribution in [-0.2, 0) is 28.8 Å². The third-order valence-electron chi connectivity index (χ3n) is 6.77. The Balaban J connectivity index is 2.43. The van der Waals surface area contributed by atoms with Gasteiger partial charge in [-0.3, -0.25) is 39.2 Å². The average Bonchev–Trinajstić information content (AvgIpc) is 2.97. The standard InChI is InChI=1S/C28H50N6O8/c35-23-11-12-24(36)30-18-6-3-7-19-31-25(37)13-16-28(40)34(42)22-10-4-8-20-32-26(38)14-15-27(39)33(41)21-9-2-1-5-17-29-23/h41-42H,1-22H2,(H,29,35)(H,30,36)(H,31,37)(H,32,38). The smallest absolute Gasteiger partial charge is 0.246 e. The van der Waals surface area contributed by atoms with E-state index in [-0.39, 0.29) is 75.2 Å². The fourth-order valence-electron chi connectivity index (χ4n) is 4.17. The molecule has 1 saturated heterocycles. The van der Waals surface area contributed by atoms with Crippen molar-refractivity contribution in [3.63, 3.8) is 0 Å². The minimum atomic E-state index is -0.536. The van der Waals surface area contributed by atoms with Crippen LogP contribution in [0, 0.1) is 0 Å². The Morgan fingerprint density at radius 1 is 0.381 bits per heavy atom. The van der Waals surface area contributed by atoms with Gasteiger partial charge in [0.1, 0.15) is 0 Å². The third-order valence-corrected chi connectivity index (χ3v) is 6.77. The molecule has 0 spiro atoms. The summed E-state index contributed by atoms with van der Waals surface area (Å²) in [5.74, 6) is -2.02. The molecule has 0 aromatic rings. The number of hydroxylamine groups is 4. The summed E-state index contributed by atoms with van der Waals surface area (Å²) in [6.45, 7) is 2.12. The van der Waals surface area contributed by atoms with Crippen molar-refractivity contribution in [1.82, 2.24) is 31.4 Å². The Hall–Kier alpha value is -3.26. The summed E-state index contributed by atoms with van der Waals surface area (Å²) in [4.78, 5) is 71.9. The SMILES string of the molecule is O=C1CCC(=O)NCCCCCNC(=O)CCC(=O)N(O)CCCCCNC(=O)CCC(=O)N(O)CCCCCCN1. The lowest BCUT2D eigenvalue weighted by Crippen LogP contribution is -2.31. The number of hydrogen-bond acceptors (Lipinski definition) is 8. The van der Waals surface area contributed by atoms with Crippen LogP contribution in [0.25, 0.3) is 0 Å². The summed E-state index contributed by atoms with van der Waals surface area (Å²) in [6, 6.07) is 0. The van der Waals surface area contributed by atoms with Crippen LogP contribution in [0.1, 0.15) is 103 Å². The van der Waals surface area contributed by atoms with Crippen molar-refractivity contribution in [2.75, 3.05) is 39.3 Å². The largest absolute Gasteiger partial charge is 0.356 e. The summed E-state index contributed by atoms with van der Waals surface area (Å²) in [6.07, 6.45) is 6.91. The van der Waals surface area contributed by atoms with Crippen molar-refractivity contribution >= 4 is 35.4 Å². The molecular weight excluding hydrogens is 548 g/mol. The highest BCUT2D eigenvalue weighted by atomic mass is 16.5. The quantitative estimate of drug-likeness (QED) is 0.223. The fraction of sp³-hybridized carbons (Fsp3) is 0.786. The average molecular weight is 599 g/mol. The van der Waals surface area contributed by atoms with Crippen LogP contribution in [0.5, 0.6) is 0 Å². The Kier molecular flexibility index (Phi) is 20.4. The van der Waals surface area contributed by atoms with Crippen LogP contribution in [0.15, 0.2) is 0 Å². The van der Waals surface area contributed by atoms with E-state index in [1.165, 1.54) is 0 Å². The molecule has 6 N–H and O–H groups in total. The molecular formula is C28H50N6O8. The number of rotatable bonds is 0. The van der Waals surface area contributed by atoms with E-state index in [1.807, 2.05) is 0 Å². The molecule has 0 atom stereocenters. The molecule has 1 aliphatic rings. The molecule has 0 unspecified atom stereocenters. The number of nitrogens with one attached hydrogen (secondary N) is 4. The van der Waals surface area contributed by atoms with Gasteiger partial charge in [-0.2, -0.15) is 0 Å². The lowest BCUT2D eigenvalue weighted by Gasteiger charge is -2.15. The highest BCUT2D eigenvalue weighted by Gasteiger charge is 2.14. The summed E-state index contributed by atoms with van der Waals surface area (Å²) in [7, 11) is 0. The molecule has 0 aromatic heterocycles. The number of hydrogen-bond donors (Lipinski definition) is 6. The second kappa shape index (κ2) is 23.3. The predicted octanol–water partition coefficient (Wildman–Crippen LogP) is 1.14. The first-order valence-electron chi connectivity index (χ1n) is 15.2. The molecule has 0 bridgehead atoms. The molecule has 1 rings (SSSR count). The maximum atomic E-state index is 12.1. The molecule has 240 valence electrons. The number of carbonyl (C=O) groups is 6. The molecule has 14 heteroatoms. The number of carbonyl (C=O) groups excluding carboxylic acids is 6. The van der Waals surface area contributed by atoms with Gasteiger partial charge in [-0.05, 0) is 51.4 Å². The normalized spacial score (nSPS) is 21.4. The summed E-state index contributed by atoms with van der Waals surface area (Å²) < 4.78 is 0. The number of amides is 6. The van der Waals surface area contributed by atoms with E-state index >= 15 is 0 Å². The second-order valence-electron chi connectivity index (χ2n) is 10.5. The van der Waals surface area contributed by atoms with Gasteiger partial charge in [0.15, 0.2) is 0 Å². The van der Waals surface area contributed by atoms with Crippen molar-refractivity contribution < 1.29 is 39.2 Å². The molecule has 14 nitrogen and oxygen atoms in total. The van der Waals surface area contributed by atoms with Gasteiger partial charge in [-0.1, -0.05) is 12.8 Å². The Morgan fingerprint density at radius 3 is 1.00 bits per heavy atom. The second-order valence-corrected chi connectivity index (χ2v) is 10.5. The zero-order valence-corrected chi connectivity index (χ0v) is 24.8. The summed E-state index contributed by atoms with van der Waals surface area (Å²) in [5.41, 5.74) is 0. The zero-order chi connectivity index (χ0) is 31.0. The van der Waals surface area contributed by atoms with Gasteiger partial charge in [0, 0.05) is 77.8 Å². The maximum absolute atomic E-state index is 12.1. The predicted molar refractivity (Wildman–Crippen MR) is 153 cm³/mol. The van der Waals surface area contributed by atoms with Gasteiger partial charge in [0.2, 0.25) is 35.4 Å². The molecule has 0 radical (unpaired) electrons. The van der Waals surface area contributed by atoms with Crippen LogP contribution in [0.3, 0.4) is 0 Å². The van der Waals surface area contributed by atoms with Crippen molar-refractivity contribution in [1.29, 1.82) is 0 Å². The van der Waals surface area contributed by atoms with Gasteiger partial charge < -0.3 is 21.3 Å². The van der Waals surface area contributed by atoms with Crippen LogP contribution in [-0.4, -0.2) is 95.3 Å². The monoisotopic (exact) mass is 598 g/mol. The first kappa shape index (κ1) is 36.8. The molecule has 1 heterocycles. The van der Waals surface area contributed by atoms with Gasteiger partial charge in [-0.15, -0.1) is 0 Å². The lowest BCUT2D eigenvalue weighted by molar-refractivity contribution is -0.166. The first-order chi connectivity index (χ1) is 20.2. The molecule has 1 fully saturated rings. The molecule has 42 heavy (non-hydrogen) atoms. The first-order valence-corrected chi connectivity index (χ1v) is 15.2. The topological polar surface area (TPSA) is 197 Å².